The van der Waals surface area contributed by atoms with Gasteiger partial charge in [-0.3, -0.25) is 0 Å². The fourth-order valence-electron chi connectivity index (χ4n) is 2.30. The molecule has 4 nitrogen and oxygen atoms in total. The Labute approximate surface area is 121 Å². The van der Waals surface area contributed by atoms with Crippen molar-refractivity contribution in [1.82, 2.24) is 14.7 Å². The van der Waals surface area contributed by atoms with Crippen LogP contribution in [0, 0.1) is 12.7 Å². The van der Waals surface area contributed by atoms with Crippen LogP contribution >= 0.6 is 11.5 Å². The molecule has 0 radical (unpaired) electrons. The first-order valence-electron chi connectivity index (χ1n) is 6.75. The minimum Gasteiger partial charge on any atom is -0.344 e. The van der Waals surface area contributed by atoms with Crippen molar-refractivity contribution in [3.8, 4) is 0 Å². The van der Waals surface area contributed by atoms with Gasteiger partial charge in [0.2, 0.25) is 5.13 Å². The molecule has 1 saturated heterocycles. The van der Waals surface area contributed by atoms with Crippen molar-refractivity contribution in [1.29, 1.82) is 0 Å². The minimum atomic E-state index is -0.165. The highest BCUT2D eigenvalue weighted by Gasteiger charge is 2.15. The summed E-state index contributed by atoms with van der Waals surface area (Å²) >= 11 is 1.45. The van der Waals surface area contributed by atoms with Crippen LogP contribution in [0.2, 0.25) is 0 Å². The van der Waals surface area contributed by atoms with Crippen LogP contribution in [0.25, 0.3) is 0 Å². The molecule has 0 aliphatic carbocycles. The number of anilines is 1. The van der Waals surface area contributed by atoms with Gasteiger partial charge in [-0.2, -0.15) is 4.37 Å². The SMILES string of the molecule is Cc1cc(Cc2nsc(N3CCNCC3)n2)ccc1F. The monoisotopic (exact) mass is 292 g/mol. The van der Waals surface area contributed by atoms with E-state index in [1.54, 1.807) is 13.0 Å². The van der Waals surface area contributed by atoms with Gasteiger partial charge in [0, 0.05) is 44.1 Å². The first kappa shape index (κ1) is 13.5. The summed E-state index contributed by atoms with van der Waals surface area (Å²) in [6.07, 6.45) is 0.656. The van der Waals surface area contributed by atoms with Crippen LogP contribution in [0.15, 0.2) is 18.2 Å². The largest absolute Gasteiger partial charge is 0.344 e. The molecule has 2 aromatic rings. The Balaban J connectivity index is 1.71. The van der Waals surface area contributed by atoms with Gasteiger partial charge in [-0.1, -0.05) is 12.1 Å². The van der Waals surface area contributed by atoms with Crippen molar-refractivity contribution in [2.24, 2.45) is 0 Å². The first-order chi connectivity index (χ1) is 9.72. The number of halogens is 1. The third-order valence-corrected chi connectivity index (χ3v) is 4.24. The van der Waals surface area contributed by atoms with Crippen LogP contribution in [0.3, 0.4) is 0 Å². The van der Waals surface area contributed by atoms with Crippen LogP contribution < -0.4 is 10.2 Å². The van der Waals surface area contributed by atoms with Crippen LogP contribution in [0.5, 0.6) is 0 Å². The lowest BCUT2D eigenvalue weighted by Gasteiger charge is -2.26. The summed E-state index contributed by atoms with van der Waals surface area (Å²) in [6.45, 7) is 5.71. The molecule has 0 atom stereocenters. The van der Waals surface area contributed by atoms with Crippen molar-refractivity contribution in [2.45, 2.75) is 13.3 Å². The highest BCUT2D eigenvalue weighted by molar-refractivity contribution is 7.09. The molecule has 3 rings (SSSR count). The maximum absolute atomic E-state index is 13.2. The molecule has 1 aromatic carbocycles. The Morgan fingerprint density at radius 2 is 2.15 bits per heavy atom. The fraction of sp³-hybridized carbons (Fsp3) is 0.429. The molecule has 1 N–H and O–H groups in total. The van der Waals surface area contributed by atoms with Crippen LogP contribution in [0.1, 0.15) is 17.0 Å². The summed E-state index contributed by atoms with van der Waals surface area (Å²) in [4.78, 5) is 6.85. The van der Waals surface area contributed by atoms with Gasteiger partial charge in [0.1, 0.15) is 11.6 Å². The van der Waals surface area contributed by atoms with Crippen molar-refractivity contribution in [2.75, 3.05) is 31.1 Å². The summed E-state index contributed by atoms with van der Waals surface area (Å²) < 4.78 is 17.7. The van der Waals surface area contributed by atoms with E-state index in [4.69, 9.17) is 0 Å². The van der Waals surface area contributed by atoms with E-state index in [1.807, 2.05) is 6.07 Å². The van der Waals surface area contributed by atoms with E-state index in [2.05, 4.69) is 19.6 Å². The van der Waals surface area contributed by atoms with Gasteiger partial charge in [-0.25, -0.2) is 9.37 Å². The lowest BCUT2D eigenvalue weighted by atomic mass is 10.1. The first-order valence-corrected chi connectivity index (χ1v) is 7.53. The zero-order valence-corrected chi connectivity index (χ0v) is 12.2. The number of piperazine rings is 1. The smallest absolute Gasteiger partial charge is 0.205 e. The molecule has 2 heterocycles. The fourth-order valence-corrected chi connectivity index (χ4v) is 3.04. The van der Waals surface area contributed by atoms with Crippen LogP contribution in [0.4, 0.5) is 9.52 Å². The van der Waals surface area contributed by atoms with Gasteiger partial charge in [0.15, 0.2) is 0 Å². The van der Waals surface area contributed by atoms with E-state index < -0.39 is 0 Å². The van der Waals surface area contributed by atoms with E-state index in [0.29, 0.717) is 12.0 Å². The molecule has 6 heteroatoms. The normalized spacial score (nSPS) is 15.6. The molecule has 1 aromatic heterocycles. The molecule has 0 saturated carbocycles. The van der Waals surface area contributed by atoms with E-state index in [-0.39, 0.29) is 5.82 Å². The van der Waals surface area contributed by atoms with E-state index in [1.165, 1.54) is 17.6 Å². The second kappa shape index (κ2) is 5.85. The van der Waals surface area contributed by atoms with E-state index in [9.17, 15) is 4.39 Å². The average molecular weight is 292 g/mol. The number of hydrogen-bond acceptors (Lipinski definition) is 5. The molecule has 1 aliphatic heterocycles. The van der Waals surface area contributed by atoms with Crippen molar-refractivity contribution in [3.05, 3.63) is 41.0 Å². The third kappa shape index (κ3) is 2.96. The van der Waals surface area contributed by atoms with Crippen LogP contribution in [-0.4, -0.2) is 35.5 Å². The van der Waals surface area contributed by atoms with Gasteiger partial charge >= 0.3 is 0 Å². The van der Waals surface area contributed by atoms with Crippen molar-refractivity contribution >= 4 is 16.7 Å². The maximum Gasteiger partial charge on any atom is 0.205 e. The van der Waals surface area contributed by atoms with Gasteiger partial charge in [-0.15, -0.1) is 0 Å². The summed E-state index contributed by atoms with van der Waals surface area (Å²) in [5.74, 6) is 0.649. The summed E-state index contributed by atoms with van der Waals surface area (Å²) in [7, 11) is 0. The predicted molar refractivity (Wildman–Crippen MR) is 78.9 cm³/mol. The zero-order chi connectivity index (χ0) is 13.9. The second-order valence-electron chi connectivity index (χ2n) is 4.99. The van der Waals surface area contributed by atoms with E-state index in [0.717, 1.165) is 42.7 Å². The van der Waals surface area contributed by atoms with Crippen molar-refractivity contribution < 1.29 is 4.39 Å². The molecule has 0 unspecified atom stereocenters. The molecule has 106 valence electrons. The van der Waals surface area contributed by atoms with Crippen molar-refractivity contribution in [3.63, 3.8) is 0 Å². The van der Waals surface area contributed by atoms with Gasteiger partial charge in [-0.05, 0) is 24.1 Å². The topological polar surface area (TPSA) is 41.1 Å². The summed E-state index contributed by atoms with van der Waals surface area (Å²) in [6, 6.07) is 5.17. The molecular weight excluding hydrogens is 275 g/mol. The van der Waals surface area contributed by atoms with Gasteiger partial charge in [0.25, 0.3) is 0 Å². The second-order valence-corrected chi connectivity index (χ2v) is 5.72. The van der Waals surface area contributed by atoms with E-state index >= 15 is 0 Å². The number of nitrogens with zero attached hydrogens (tertiary/aromatic N) is 3. The maximum atomic E-state index is 13.2. The number of nitrogens with one attached hydrogen (secondary N) is 1. The highest BCUT2D eigenvalue weighted by Crippen LogP contribution is 2.20. The number of aromatic nitrogens is 2. The summed E-state index contributed by atoms with van der Waals surface area (Å²) in [5, 5.41) is 4.31. The molecule has 1 fully saturated rings. The van der Waals surface area contributed by atoms with Gasteiger partial charge < -0.3 is 10.2 Å². The number of hydrogen-bond donors (Lipinski definition) is 1. The Morgan fingerprint density at radius 3 is 2.90 bits per heavy atom. The molecule has 0 bridgehead atoms. The Bertz CT molecular complexity index is 593. The molecular formula is C14H17FN4S. The predicted octanol–water partition coefficient (Wildman–Crippen LogP) is 1.99. The van der Waals surface area contributed by atoms with Crippen LogP contribution in [-0.2, 0) is 6.42 Å². The molecule has 1 aliphatic rings. The zero-order valence-electron chi connectivity index (χ0n) is 11.4. The Morgan fingerprint density at radius 1 is 1.35 bits per heavy atom. The lowest BCUT2D eigenvalue weighted by molar-refractivity contribution is 0.588. The van der Waals surface area contributed by atoms with Gasteiger partial charge in [0.05, 0.1) is 0 Å². The number of benzene rings is 1. The molecule has 0 spiro atoms. The molecule has 0 amide bonds. The number of aryl methyl sites for hydroxylation is 1. The minimum absolute atomic E-state index is 0.165. The Hall–Kier alpha value is -1.53. The lowest BCUT2D eigenvalue weighted by Crippen LogP contribution is -2.43. The number of rotatable bonds is 3. The highest BCUT2D eigenvalue weighted by atomic mass is 32.1. The average Bonchev–Trinajstić information content (AvgIpc) is 2.92. The standard InChI is InChI=1S/C14H17FN4S/c1-10-8-11(2-3-12(10)15)9-13-17-14(20-18-13)19-6-4-16-5-7-19/h2-3,8,16H,4-7,9H2,1H3. The molecule has 20 heavy (non-hydrogen) atoms. The third-order valence-electron chi connectivity index (χ3n) is 3.43. The Kier molecular flexibility index (Phi) is 3.93. The quantitative estimate of drug-likeness (QED) is 0.939. The summed E-state index contributed by atoms with van der Waals surface area (Å²) in [5.41, 5.74) is 1.72.